The second-order valence-corrected chi connectivity index (χ2v) is 7.94. The van der Waals surface area contributed by atoms with E-state index in [1.54, 1.807) is 4.90 Å². The smallest absolute Gasteiger partial charge is 0.410 e. The first-order chi connectivity index (χ1) is 12.7. The van der Waals surface area contributed by atoms with Crippen molar-refractivity contribution in [3.8, 4) is 0 Å². The number of hydrogen-bond acceptors (Lipinski definition) is 4. The Balaban J connectivity index is 1.85. The normalized spacial score (nSPS) is 15.4. The van der Waals surface area contributed by atoms with Crippen molar-refractivity contribution < 1.29 is 14.3 Å². The van der Waals surface area contributed by atoms with Crippen molar-refractivity contribution in [2.75, 3.05) is 31.5 Å². The Morgan fingerprint density at radius 2 is 1.67 bits per heavy atom. The average Bonchev–Trinajstić information content (AvgIpc) is 2.62. The fourth-order valence-electron chi connectivity index (χ4n) is 3.17. The van der Waals surface area contributed by atoms with Crippen LogP contribution in [0.2, 0.25) is 0 Å². The van der Waals surface area contributed by atoms with Crippen molar-refractivity contribution in [2.45, 2.75) is 59.1 Å². The predicted molar refractivity (Wildman–Crippen MR) is 108 cm³/mol. The molecule has 0 atom stereocenters. The Morgan fingerprint density at radius 3 is 2.15 bits per heavy atom. The fraction of sp³-hybridized carbons (Fsp3) is 0.619. The first kappa shape index (κ1) is 21.1. The van der Waals surface area contributed by atoms with Gasteiger partial charge in [0.2, 0.25) is 0 Å². The Morgan fingerprint density at radius 1 is 1.11 bits per heavy atom. The molecule has 1 aromatic carbocycles. The van der Waals surface area contributed by atoms with E-state index < -0.39 is 5.60 Å². The summed E-state index contributed by atoms with van der Waals surface area (Å²) in [5.74, 6) is 0.0669. The molecular weight excluding hydrogens is 342 g/mol. The summed E-state index contributed by atoms with van der Waals surface area (Å²) in [5.41, 5.74) is 1.25. The quantitative estimate of drug-likeness (QED) is 0.846. The predicted octanol–water partition coefficient (Wildman–Crippen LogP) is 3.98. The highest BCUT2D eigenvalue weighted by molar-refractivity contribution is 5.94. The van der Waals surface area contributed by atoms with Crippen LogP contribution in [0.4, 0.5) is 10.5 Å². The Labute approximate surface area is 162 Å². The van der Waals surface area contributed by atoms with Gasteiger partial charge in [-0.3, -0.25) is 4.79 Å². The summed E-state index contributed by atoms with van der Waals surface area (Å²) in [4.78, 5) is 28.1. The highest BCUT2D eigenvalue weighted by Gasteiger charge is 2.26. The minimum absolute atomic E-state index is 0.0669. The highest BCUT2D eigenvalue weighted by Crippen LogP contribution is 2.19. The zero-order valence-corrected chi connectivity index (χ0v) is 17.2. The topological polar surface area (TPSA) is 61.9 Å². The van der Waals surface area contributed by atoms with Crippen LogP contribution in [0.25, 0.3) is 0 Å². The average molecular weight is 376 g/mol. The summed E-state index contributed by atoms with van der Waals surface area (Å²) in [6.45, 7) is 12.4. The molecule has 0 unspecified atom stereocenters. The van der Waals surface area contributed by atoms with Gasteiger partial charge in [-0.15, -0.1) is 0 Å². The van der Waals surface area contributed by atoms with E-state index in [1.807, 2.05) is 63.8 Å². The standard InChI is InChI=1S/C21H33N3O3/c1-6-23(7-2)19(25)16-8-10-17(11-9-16)22-18-12-14-24(15-13-18)20(26)27-21(3,4)5/h8-11,18,22H,6-7,12-15H2,1-5H3. The molecule has 2 amide bonds. The summed E-state index contributed by atoms with van der Waals surface area (Å²) >= 11 is 0. The van der Waals surface area contributed by atoms with Crippen LogP contribution in [0.1, 0.15) is 57.8 Å². The van der Waals surface area contributed by atoms with Crippen LogP contribution in [0, 0.1) is 0 Å². The second kappa shape index (κ2) is 9.11. The van der Waals surface area contributed by atoms with Gasteiger partial charge in [-0.05, 0) is 71.7 Å². The second-order valence-electron chi connectivity index (χ2n) is 7.94. The molecule has 1 heterocycles. The summed E-state index contributed by atoms with van der Waals surface area (Å²) in [6.07, 6.45) is 1.51. The summed E-state index contributed by atoms with van der Waals surface area (Å²) in [6, 6.07) is 7.97. The summed E-state index contributed by atoms with van der Waals surface area (Å²) in [5, 5.41) is 3.51. The van der Waals surface area contributed by atoms with Crippen molar-refractivity contribution in [1.29, 1.82) is 0 Å². The van der Waals surface area contributed by atoms with Crippen LogP contribution in [-0.2, 0) is 4.74 Å². The van der Waals surface area contributed by atoms with Crippen LogP contribution < -0.4 is 5.32 Å². The number of benzene rings is 1. The van der Waals surface area contributed by atoms with E-state index in [0.29, 0.717) is 37.8 Å². The summed E-state index contributed by atoms with van der Waals surface area (Å²) in [7, 11) is 0. The van der Waals surface area contributed by atoms with Crippen molar-refractivity contribution in [1.82, 2.24) is 9.80 Å². The van der Waals surface area contributed by atoms with Gasteiger partial charge < -0.3 is 19.9 Å². The number of ether oxygens (including phenoxy) is 1. The first-order valence-corrected chi connectivity index (χ1v) is 9.87. The number of carbonyl (C=O) groups is 2. The van der Waals surface area contributed by atoms with Gasteiger partial charge in [0, 0.05) is 43.5 Å². The molecule has 0 aliphatic carbocycles. The lowest BCUT2D eigenvalue weighted by molar-refractivity contribution is 0.0210. The number of carbonyl (C=O) groups excluding carboxylic acids is 2. The lowest BCUT2D eigenvalue weighted by Crippen LogP contribution is -2.44. The van der Waals surface area contributed by atoms with Gasteiger partial charge in [0.25, 0.3) is 5.91 Å². The van der Waals surface area contributed by atoms with E-state index in [2.05, 4.69) is 5.32 Å². The van der Waals surface area contributed by atoms with Crippen LogP contribution in [0.5, 0.6) is 0 Å². The van der Waals surface area contributed by atoms with E-state index in [0.717, 1.165) is 18.5 Å². The van der Waals surface area contributed by atoms with Gasteiger partial charge in [-0.2, -0.15) is 0 Å². The molecule has 1 aliphatic rings. The molecule has 0 spiro atoms. The van der Waals surface area contributed by atoms with Gasteiger partial charge in [-0.1, -0.05) is 0 Å². The maximum absolute atomic E-state index is 12.4. The van der Waals surface area contributed by atoms with Crippen LogP contribution in [0.3, 0.4) is 0 Å². The highest BCUT2D eigenvalue weighted by atomic mass is 16.6. The minimum Gasteiger partial charge on any atom is -0.444 e. The molecule has 1 aromatic rings. The minimum atomic E-state index is -0.462. The van der Waals surface area contributed by atoms with Gasteiger partial charge in [0.05, 0.1) is 0 Å². The monoisotopic (exact) mass is 375 g/mol. The zero-order chi connectivity index (χ0) is 20.0. The number of likely N-dealkylation sites (tertiary alicyclic amines) is 1. The number of anilines is 1. The van der Waals surface area contributed by atoms with E-state index >= 15 is 0 Å². The van der Waals surface area contributed by atoms with Gasteiger partial charge in [0.15, 0.2) is 0 Å². The zero-order valence-electron chi connectivity index (χ0n) is 17.2. The molecule has 0 aromatic heterocycles. The molecule has 150 valence electrons. The molecule has 6 nitrogen and oxygen atoms in total. The summed E-state index contributed by atoms with van der Waals surface area (Å²) < 4.78 is 5.43. The van der Waals surface area contributed by atoms with E-state index in [4.69, 9.17) is 4.74 Å². The van der Waals surface area contributed by atoms with Gasteiger partial charge >= 0.3 is 6.09 Å². The Bertz CT molecular complexity index is 625. The number of amides is 2. The molecule has 27 heavy (non-hydrogen) atoms. The maximum atomic E-state index is 12.4. The molecule has 1 fully saturated rings. The molecule has 2 rings (SSSR count). The van der Waals surface area contributed by atoms with Gasteiger partial charge in [0.1, 0.15) is 5.60 Å². The Hall–Kier alpha value is -2.24. The Kier molecular flexibility index (Phi) is 7.11. The number of rotatable bonds is 5. The lowest BCUT2D eigenvalue weighted by atomic mass is 10.0. The third-order valence-electron chi connectivity index (χ3n) is 4.70. The van der Waals surface area contributed by atoms with Crippen LogP contribution in [-0.4, -0.2) is 59.6 Å². The lowest BCUT2D eigenvalue weighted by Gasteiger charge is -2.34. The largest absolute Gasteiger partial charge is 0.444 e. The number of hydrogen-bond donors (Lipinski definition) is 1. The van der Waals surface area contributed by atoms with Crippen molar-refractivity contribution in [3.05, 3.63) is 29.8 Å². The number of nitrogens with zero attached hydrogens (tertiary/aromatic N) is 2. The van der Waals surface area contributed by atoms with Crippen molar-refractivity contribution in [3.63, 3.8) is 0 Å². The molecule has 1 saturated heterocycles. The maximum Gasteiger partial charge on any atom is 0.410 e. The van der Waals surface area contributed by atoms with Crippen molar-refractivity contribution >= 4 is 17.7 Å². The molecule has 6 heteroatoms. The molecule has 0 bridgehead atoms. The van der Waals surface area contributed by atoms with Crippen LogP contribution >= 0.6 is 0 Å². The van der Waals surface area contributed by atoms with E-state index in [9.17, 15) is 9.59 Å². The molecular formula is C21H33N3O3. The number of piperidine rings is 1. The molecule has 0 saturated carbocycles. The third kappa shape index (κ3) is 6.15. The number of nitrogens with one attached hydrogen (secondary N) is 1. The van der Waals surface area contributed by atoms with E-state index in [1.165, 1.54) is 0 Å². The van der Waals surface area contributed by atoms with Gasteiger partial charge in [-0.25, -0.2) is 4.79 Å². The molecule has 1 aliphatic heterocycles. The van der Waals surface area contributed by atoms with Crippen molar-refractivity contribution in [2.24, 2.45) is 0 Å². The first-order valence-electron chi connectivity index (χ1n) is 9.87. The van der Waals surface area contributed by atoms with Crippen LogP contribution in [0.15, 0.2) is 24.3 Å². The fourth-order valence-corrected chi connectivity index (χ4v) is 3.17. The molecule has 1 N–H and O–H groups in total. The third-order valence-corrected chi connectivity index (χ3v) is 4.70. The van der Waals surface area contributed by atoms with E-state index in [-0.39, 0.29) is 12.0 Å². The molecule has 0 radical (unpaired) electrons. The SMILES string of the molecule is CCN(CC)C(=O)c1ccc(NC2CCN(C(=O)OC(C)(C)C)CC2)cc1.